The lowest BCUT2D eigenvalue weighted by molar-refractivity contribution is -0.252. The van der Waals surface area contributed by atoms with Crippen LogP contribution in [0.3, 0.4) is 0 Å². The van der Waals surface area contributed by atoms with Gasteiger partial charge in [0.25, 0.3) is 5.91 Å². The molecular formula is C28H25Cl2N3O4. The number of nitrogens with one attached hydrogen (secondary N) is 1. The average Bonchev–Trinajstić information content (AvgIpc) is 3.25. The highest BCUT2D eigenvalue weighted by Gasteiger charge is 2.33. The molecule has 0 bridgehead atoms. The van der Waals surface area contributed by atoms with Crippen LogP contribution >= 0.6 is 23.2 Å². The molecule has 0 aliphatic carbocycles. The summed E-state index contributed by atoms with van der Waals surface area (Å²) in [6, 6.07) is 24.1. The van der Waals surface area contributed by atoms with Crippen LogP contribution in [0.5, 0.6) is 0 Å². The number of ether oxygens (including phenoxy) is 2. The highest BCUT2D eigenvalue weighted by molar-refractivity contribution is 6.40. The van der Waals surface area contributed by atoms with Crippen LogP contribution in [0, 0.1) is 0 Å². The molecule has 2 heterocycles. The molecule has 2 N–H and O–H groups in total. The molecule has 4 aromatic rings. The van der Waals surface area contributed by atoms with Crippen molar-refractivity contribution in [1.82, 2.24) is 9.55 Å². The van der Waals surface area contributed by atoms with E-state index in [9.17, 15) is 9.90 Å². The Kier molecular flexibility index (Phi) is 7.88. The van der Waals surface area contributed by atoms with E-state index in [1.165, 1.54) is 0 Å². The molecule has 190 valence electrons. The number of aliphatic hydroxyl groups is 1. The number of hydrogen-bond donors (Lipinski definition) is 2. The molecule has 0 spiro atoms. The van der Waals surface area contributed by atoms with E-state index in [-0.39, 0.29) is 29.9 Å². The van der Waals surface area contributed by atoms with Crippen LogP contribution in [0.15, 0.2) is 85.2 Å². The van der Waals surface area contributed by atoms with Gasteiger partial charge in [0.05, 0.1) is 31.7 Å². The standard InChI is InChI=1S/C28H25Cl2N3O4/c29-25-26(30)33(17-31-25)15-23-14-24(19-11-9-18(16-34)10-12-19)37-28(36-23)21-7-4-8-22(13-21)32-27(35)20-5-2-1-3-6-20/h1-13,17,23-24,28,34H,14-16H2,(H,32,35)/t23-,24+,28+/m0/s1. The number of hydrogen-bond acceptors (Lipinski definition) is 5. The number of rotatable bonds is 7. The summed E-state index contributed by atoms with van der Waals surface area (Å²) in [7, 11) is 0. The van der Waals surface area contributed by atoms with Gasteiger partial charge in [-0.2, -0.15) is 0 Å². The number of aromatic nitrogens is 2. The highest BCUT2D eigenvalue weighted by atomic mass is 35.5. The minimum atomic E-state index is -0.687. The third-order valence-corrected chi connectivity index (χ3v) is 6.97. The van der Waals surface area contributed by atoms with E-state index in [2.05, 4.69) is 10.3 Å². The van der Waals surface area contributed by atoms with Crippen molar-refractivity contribution in [2.24, 2.45) is 0 Å². The molecule has 7 nitrogen and oxygen atoms in total. The topological polar surface area (TPSA) is 85.6 Å². The summed E-state index contributed by atoms with van der Waals surface area (Å²) in [5.41, 5.74) is 3.76. The Morgan fingerprint density at radius 2 is 1.78 bits per heavy atom. The minimum Gasteiger partial charge on any atom is -0.392 e. The number of amides is 1. The maximum absolute atomic E-state index is 12.7. The predicted octanol–water partition coefficient (Wildman–Crippen LogP) is 6.18. The zero-order chi connectivity index (χ0) is 25.8. The van der Waals surface area contributed by atoms with Crippen LogP contribution < -0.4 is 5.32 Å². The lowest BCUT2D eigenvalue weighted by atomic mass is 10.00. The lowest BCUT2D eigenvalue weighted by Crippen LogP contribution is -2.32. The Hall–Kier alpha value is -3.20. The third-order valence-electron chi connectivity index (χ3n) is 6.20. The number of carbonyl (C=O) groups excluding carboxylic acids is 1. The summed E-state index contributed by atoms with van der Waals surface area (Å²) in [5.74, 6) is -0.199. The maximum atomic E-state index is 12.7. The summed E-state index contributed by atoms with van der Waals surface area (Å²) >= 11 is 12.3. The third kappa shape index (κ3) is 6.04. The summed E-state index contributed by atoms with van der Waals surface area (Å²) in [5, 5.41) is 12.9. The molecule has 5 rings (SSSR count). The van der Waals surface area contributed by atoms with Gasteiger partial charge in [-0.05, 0) is 35.4 Å². The molecule has 1 fully saturated rings. The number of benzene rings is 3. The Balaban J connectivity index is 1.39. The van der Waals surface area contributed by atoms with Crippen molar-refractivity contribution in [2.45, 2.75) is 38.1 Å². The first-order chi connectivity index (χ1) is 18.0. The Morgan fingerprint density at radius 3 is 2.49 bits per heavy atom. The van der Waals surface area contributed by atoms with Crippen molar-refractivity contribution in [1.29, 1.82) is 0 Å². The van der Waals surface area contributed by atoms with Gasteiger partial charge in [0.2, 0.25) is 0 Å². The quantitative estimate of drug-likeness (QED) is 0.294. The van der Waals surface area contributed by atoms with E-state index >= 15 is 0 Å². The second-order valence-electron chi connectivity index (χ2n) is 8.77. The first-order valence-electron chi connectivity index (χ1n) is 11.8. The van der Waals surface area contributed by atoms with Crippen LogP contribution in [0.1, 0.15) is 45.9 Å². The predicted molar refractivity (Wildman–Crippen MR) is 142 cm³/mol. The SMILES string of the molecule is O=C(Nc1cccc([C@@H]2O[C@H](Cn3cnc(Cl)c3Cl)C[C@H](c3ccc(CO)cc3)O2)c1)c1ccccc1. The number of imidazole rings is 1. The van der Waals surface area contributed by atoms with E-state index in [0.717, 1.165) is 16.7 Å². The molecule has 1 aromatic heterocycles. The molecule has 1 aliphatic heterocycles. The van der Waals surface area contributed by atoms with E-state index in [1.807, 2.05) is 66.7 Å². The van der Waals surface area contributed by atoms with Gasteiger partial charge in [-0.15, -0.1) is 0 Å². The second-order valence-corrected chi connectivity index (χ2v) is 9.49. The smallest absolute Gasteiger partial charge is 0.255 e. The second kappa shape index (κ2) is 11.5. The highest BCUT2D eigenvalue weighted by Crippen LogP contribution is 2.39. The van der Waals surface area contributed by atoms with Crippen LogP contribution in [0.25, 0.3) is 0 Å². The van der Waals surface area contributed by atoms with Crippen molar-refractivity contribution >= 4 is 34.8 Å². The van der Waals surface area contributed by atoms with Gasteiger partial charge in [-0.3, -0.25) is 4.79 Å². The van der Waals surface area contributed by atoms with Crippen LogP contribution in [-0.4, -0.2) is 26.7 Å². The molecule has 37 heavy (non-hydrogen) atoms. The molecular weight excluding hydrogens is 513 g/mol. The number of aliphatic hydroxyl groups excluding tert-OH is 1. The maximum Gasteiger partial charge on any atom is 0.255 e. The Morgan fingerprint density at radius 1 is 1.00 bits per heavy atom. The number of nitrogens with zero attached hydrogens (tertiary/aromatic N) is 2. The van der Waals surface area contributed by atoms with Crippen molar-refractivity contribution in [3.63, 3.8) is 0 Å². The number of carbonyl (C=O) groups is 1. The van der Waals surface area contributed by atoms with Gasteiger partial charge in [0.1, 0.15) is 5.15 Å². The van der Waals surface area contributed by atoms with Gasteiger partial charge in [0, 0.05) is 23.2 Å². The molecule has 1 saturated heterocycles. The Labute approximate surface area is 224 Å². The summed E-state index contributed by atoms with van der Waals surface area (Å²) in [6.45, 7) is 0.412. The van der Waals surface area contributed by atoms with Crippen LogP contribution in [0.4, 0.5) is 5.69 Å². The molecule has 1 aliphatic rings. The van der Waals surface area contributed by atoms with E-state index in [1.54, 1.807) is 23.0 Å². The Bertz CT molecular complexity index is 1360. The van der Waals surface area contributed by atoms with Crippen molar-refractivity contribution in [3.05, 3.63) is 118 Å². The number of halogens is 2. The molecule has 1 amide bonds. The molecule has 0 radical (unpaired) electrons. The molecule has 9 heteroatoms. The molecule has 3 aromatic carbocycles. The minimum absolute atomic E-state index is 0.0262. The van der Waals surface area contributed by atoms with Gasteiger partial charge >= 0.3 is 0 Å². The first kappa shape index (κ1) is 25.4. The molecule has 0 unspecified atom stereocenters. The normalized spacial score (nSPS) is 19.5. The van der Waals surface area contributed by atoms with Crippen LogP contribution in [0.2, 0.25) is 10.3 Å². The fraction of sp³-hybridized carbons (Fsp3) is 0.214. The van der Waals surface area contributed by atoms with Crippen LogP contribution in [-0.2, 0) is 22.6 Å². The van der Waals surface area contributed by atoms with Crippen molar-refractivity contribution < 1.29 is 19.4 Å². The zero-order valence-corrected chi connectivity index (χ0v) is 21.3. The number of anilines is 1. The summed E-state index contributed by atoms with van der Waals surface area (Å²) < 4.78 is 14.5. The van der Waals surface area contributed by atoms with E-state index < -0.39 is 6.29 Å². The molecule has 3 atom stereocenters. The van der Waals surface area contributed by atoms with Crippen molar-refractivity contribution in [2.75, 3.05) is 5.32 Å². The fourth-order valence-electron chi connectivity index (χ4n) is 4.28. The van der Waals surface area contributed by atoms with E-state index in [4.69, 9.17) is 32.7 Å². The van der Waals surface area contributed by atoms with Gasteiger partial charge < -0.3 is 24.5 Å². The van der Waals surface area contributed by atoms with Gasteiger partial charge in [-0.1, -0.05) is 77.8 Å². The first-order valence-corrected chi connectivity index (χ1v) is 12.6. The molecule has 0 saturated carbocycles. The van der Waals surface area contributed by atoms with Gasteiger partial charge in [0.15, 0.2) is 11.4 Å². The summed E-state index contributed by atoms with van der Waals surface area (Å²) in [4.78, 5) is 16.7. The fourth-order valence-corrected chi connectivity index (χ4v) is 4.59. The van der Waals surface area contributed by atoms with E-state index in [0.29, 0.717) is 29.4 Å². The monoisotopic (exact) mass is 537 g/mol. The summed E-state index contributed by atoms with van der Waals surface area (Å²) in [6.07, 6.45) is 0.950. The van der Waals surface area contributed by atoms with Gasteiger partial charge in [-0.25, -0.2) is 4.98 Å². The zero-order valence-electron chi connectivity index (χ0n) is 19.8. The van der Waals surface area contributed by atoms with Crippen molar-refractivity contribution in [3.8, 4) is 0 Å². The largest absolute Gasteiger partial charge is 0.392 e. The lowest BCUT2D eigenvalue weighted by Gasteiger charge is -2.36. The average molecular weight is 538 g/mol.